The van der Waals surface area contributed by atoms with Gasteiger partial charge in [0.25, 0.3) is 5.91 Å². The zero-order valence-corrected chi connectivity index (χ0v) is 17.2. The van der Waals surface area contributed by atoms with E-state index in [2.05, 4.69) is 36.0 Å². The highest BCUT2D eigenvalue weighted by Crippen LogP contribution is 2.27. The lowest BCUT2D eigenvalue weighted by molar-refractivity contribution is 0.0967. The van der Waals surface area contributed by atoms with Crippen LogP contribution in [0.2, 0.25) is 0 Å². The molecule has 1 fully saturated rings. The van der Waals surface area contributed by atoms with Crippen molar-refractivity contribution in [1.29, 1.82) is 0 Å². The molecular weight excluding hydrogens is 362 g/mol. The molecule has 1 aromatic heterocycles. The first-order valence-electron chi connectivity index (χ1n) is 9.97. The Balaban J connectivity index is 1.45. The van der Waals surface area contributed by atoms with Gasteiger partial charge in [0, 0.05) is 43.1 Å². The van der Waals surface area contributed by atoms with Gasteiger partial charge in [-0.15, -0.1) is 0 Å². The van der Waals surface area contributed by atoms with Crippen molar-refractivity contribution in [3.05, 3.63) is 72.5 Å². The van der Waals surface area contributed by atoms with E-state index in [4.69, 9.17) is 4.42 Å². The SMILES string of the molecule is CN(C(=O)c1ccc(-c2ccccc2)o1)c1ccc(N2CCC(N(C)C)C2)cc1. The molecule has 2 heterocycles. The zero-order valence-electron chi connectivity index (χ0n) is 17.2. The molecule has 0 radical (unpaired) electrons. The summed E-state index contributed by atoms with van der Waals surface area (Å²) >= 11 is 0. The Bertz CT molecular complexity index is 963. The average molecular weight is 389 g/mol. The number of benzene rings is 2. The highest BCUT2D eigenvalue weighted by Gasteiger charge is 2.24. The molecule has 3 aromatic rings. The quantitative estimate of drug-likeness (QED) is 0.650. The fourth-order valence-corrected chi connectivity index (χ4v) is 3.78. The molecular formula is C24H27N3O2. The van der Waals surface area contributed by atoms with Crippen molar-refractivity contribution in [3.8, 4) is 11.3 Å². The molecule has 1 saturated heterocycles. The Morgan fingerprint density at radius 2 is 1.69 bits per heavy atom. The zero-order chi connectivity index (χ0) is 20.4. The Morgan fingerprint density at radius 1 is 0.966 bits per heavy atom. The minimum atomic E-state index is -0.159. The molecule has 1 aliphatic heterocycles. The van der Waals surface area contributed by atoms with Gasteiger partial charge in [-0.25, -0.2) is 0 Å². The molecule has 0 aliphatic carbocycles. The lowest BCUT2D eigenvalue weighted by Crippen LogP contribution is -2.31. The van der Waals surface area contributed by atoms with Crippen molar-refractivity contribution < 1.29 is 9.21 Å². The third-order valence-electron chi connectivity index (χ3n) is 5.68. The number of hydrogen-bond donors (Lipinski definition) is 0. The average Bonchev–Trinajstić information content (AvgIpc) is 3.44. The van der Waals surface area contributed by atoms with Crippen molar-refractivity contribution in [1.82, 2.24) is 4.90 Å². The van der Waals surface area contributed by atoms with Crippen molar-refractivity contribution in [2.24, 2.45) is 0 Å². The summed E-state index contributed by atoms with van der Waals surface area (Å²) in [6, 6.07) is 22.1. The fraction of sp³-hybridized carbons (Fsp3) is 0.292. The first-order valence-corrected chi connectivity index (χ1v) is 9.97. The van der Waals surface area contributed by atoms with E-state index in [0.717, 1.165) is 24.3 Å². The molecule has 5 nitrogen and oxygen atoms in total. The second kappa shape index (κ2) is 8.13. The van der Waals surface area contributed by atoms with E-state index in [1.165, 1.54) is 12.1 Å². The summed E-state index contributed by atoms with van der Waals surface area (Å²) in [5.74, 6) is 0.875. The number of nitrogens with zero attached hydrogens (tertiary/aromatic N) is 3. The molecule has 1 amide bonds. The first kappa shape index (κ1) is 19.3. The number of hydrogen-bond acceptors (Lipinski definition) is 4. The summed E-state index contributed by atoms with van der Waals surface area (Å²) in [6.07, 6.45) is 1.18. The van der Waals surface area contributed by atoms with Gasteiger partial charge in [-0.05, 0) is 56.9 Å². The van der Waals surface area contributed by atoms with Crippen LogP contribution in [0.4, 0.5) is 11.4 Å². The molecule has 2 aromatic carbocycles. The molecule has 0 saturated carbocycles. The standard InChI is InChI=1S/C24H27N3O2/c1-25(2)21-15-16-27(17-21)20-11-9-19(10-12-20)26(3)24(28)23-14-13-22(29-23)18-7-5-4-6-8-18/h4-14,21H,15-17H2,1-3H3. The largest absolute Gasteiger partial charge is 0.451 e. The van der Waals surface area contributed by atoms with E-state index in [9.17, 15) is 4.79 Å². The van der Waals surface area contributed by atoms with E-state index in [1.807, 2.05) is 48.5 Å². The highest BCUT2D eigenvalue weighted by atomic mass is 16.4. The molecule has 0 N–H and O–H groups in total. The normalized spacial score (nSPS) is 16.4. The van der Waals surface area contributed by atoms with Crippen molar-refractivity contribution in [2.45, 2.75) is 12.5 Å². The van der Waals surface area contributed by atoms with Crippen LogP contribution >= 0.6 is 0 Å². The van der Waals surface area contributed by atoms with Crippen LogP contribution in [0.3, 0.4) is 0 Å². The molecule has 4 rings (SSSR count). The van der Waals surface area contributed by atoms with Crippen LogP contribution in [0.5, 0.6) is 0 Å². The predicted octanol–water partition coefficient (Wildman–Crippen LogP) is 4.36. The maximum Gasteiger partial charge on any atom is 0.293 e. The van der Waals surface area contributed by atoms with Gasteiger partial charge >= 0.3 is 0 Å². The molecule has 1 aliphatic rings. The van der Waals surface area contributed by atoms with Crippen LogP contribution in [0.1, 0.15) is 17.0 Å². The number of carbonyl (C=O) groups is 1. The summed E-state index contributed by atoms with van der Waals surface area (Å²) in [4.78, 5) is 19.2. The number of rotatable bonds is 5. The van der Waals surface area contributed by atoms with Gasteiger partial charge in [-0.2, -0.15) is 0 Å². The summed E-state index contributed by atoms with van der Waals surface area (Å²) in [7, 11) is 6.05. The number of amides is 1. The van der Waals surface area contributed by atoms with Crippen molar-refractivity contribution in [3.63, 3.8) is 0 Å². The summed E-state index contributed by atoms with van der Waals surface area (Å²) < 4.78 is 5.81. The lowest BCUT2D eigenvalue weighted by atomic mass is 10.2. The molecule has 1 unspecified atom stereocenters. The van der Waals surface area contributed by atoms with Gasteiger partial charge in [-0.1, -0.05) is 30.3 Å². The van der Waals surface area contributed by atoms with Gasteiger partial charge in [0.2, 0.25) is 0 Å². The molecule has 1 atom stereocenters. The Kier molecular flexibility index (Phi) is 5.41. The summed E-state index contributed by atoms with van der Waals surface area (Å²) in [5, 5.41) is 0. The number of carbonyl (C=O) groups excluding carboxylic acids is 1. The monoisotopic (exact) mass is 389 g/mol. The third kappa shape index (κ3) is 4.05. The lowest BCUT2D eigenvalue weighted by Gasteiger charge is -2.23. The van der Waals surface area contributed by atoms with Crippen LogP contribution in [-0.4, -0.2) is 51.1 Å². The predicted molar refractivity (Wildman–Crippen MR) is 118 cm³/mol. The van der Waals surface area contributed by atoms with Gasteiger partial charge in [0.05, 0.1) is 0 Å². The molecule has 0 spiro atoms. The van der Waals surface area contributed by atoms with E-state index < -0.39 is 0 Å². The Hall–Kier alpha value is -3.05. The minimum Gasteiger partial charge on any atom is -0.451 e. The Labute approximate surface area is 172 Å². The Morgan fingerprint density at radius 3 is 2.34 bits per heavy atom. The second-order valence-electron chi connectivity index (χ2n) is 7.76. The van der Waals surface area contributed by atoms with Crippen LogP contribution in [0.15, 0.2) is 71.1 Å². The summed E-state index contributed by atoms with van der Waals surface area (Å²) in [5.41, 5.74) is 3.00. The maximum atomic E-state index is 12.9. The van der Waals surface area contributed by atoms with E-state index in [-0.39, 0.29) is 5.91 Å². The molecule has 0 bridgehead atoms. The smallest absolute Gasteiger partial charge is 0.293 e. The van der Waals surface area contributed by atoms with Gasteiger partial charge in [0.15, 0.2) is 5.76 Å². The number of likely N-dealkylation sites (N-methyl/N-ethyl adjacent to an activating group) is 1. The van der Waals surface area contributed by atoms with Crippen LogP contribution in [0, 0.1) is 0 Å². The second-order valence-corrected chi connectivity index (χ2v) is 7.76. The third-order valence-corrected chi connectivity index (χ3v) is 5.68. The van der Waals surface area contributed by atoms with E-state index in [0.29, 0.717) is 17.6 Å². The van der Waals surface area contributed by atoms with Gasteiger partial charge in [-0.3, -0.25) is 4.79 Å². The first-order chi connectivity index (χ1) is 14.0. The highest BCUT2D eigenvalue weighted by molar-refractivity contribution is 6.04. The maximum absolute atomic E-state index is 12.9. The molecule has 5 heteroatoms. The molecule has 150 valence electrons. The topological polar surface area (TPSA) is 39.9 Å². The van der Waals surface area contributed by atoms with E-state index in [1.54, 1.807) is 18.0 Å². The van der Waals surface area contributed by atoms with E-state index >= 15 is 0 Å². The molecule has 29 heavy (non-hydrogen) atoms. The van der Waals surface area contributed by atoms with Crippen LogP contribution in [0.25, 0.3) is 11.3 Å². The number of furan rings is 1. The summed E-state index contributed by atoms with van der Waals surface area (Å²) in [6.45, 7) is 2.10. The fourth-order valence-electron chi connectivity index (χ4n) is 3.78. The minimum absolute atomic E-state index is 0.159. The number of anilines is 2. The van der Waals surface area contributed by atoms with Crippen molar-refractivity contribution in [2.75, 3.05) is 44.0 Å². The van der Waals surface area contributed by atoms with Crippen LogP contribution < -0.4 is 9.80 Å². The van der Waals surface area contributed by atoms with Crippen molar-refractivity contribution >= 4 is 17.3 Å². The van der Waals surface area contributed by atoms with Crippen LogP contribution in [-0.2, 0) is 0 Å². The van der Waals surface area contributed by atoms with Gasteiger partial charge in [0.1, 0.15) is 5.76 Å². The van der Waals surface area contributed by atoms with Gasteiger partial charge < -0.3 is 19.1 Å².